The zero-order chi connectivity index (χ0) is 14.4. The molecule has 0 saturated carbocycles. The molecular formula is C12H11BrN2O3S. The number of carbonyl (C=O) groups is 2. The number of benzene rings is 1. The summed E-state index contributed by atoms with van der Waals surface area (Å²) >= 11 is 4.48. The molecule has 0 aliphatic rings. The standard InChI is InChI=1S/C12H11BrN2O3S/c1-7(16)15-10(12(17)18)6-19-11-3-2-9(13)4-8(11)5-14/h2-4,10H,6H2,1H3,(H,15,16)(H,17,18). The number of carboxylic acids is 1. The van der Waals surface area contributed by atoms with E-state index < -0.39 is 17.9 Å². The van der Waals surface area contributed by atoms with Crippen molar-refractivity contribution >= 4 is 39.6 Å². The fraction of sp³-hybridized carbons (Fsp3) is 0.250. The molecule has 1 rings (SSSR count). The molecule has 1 unspecified atom stereocenters. The summed E-state index contributed by atoms with van der Waals surface area (Å²) in [6.07, 6.45) is 0. The van der Waals surface area contributed by atoms with Gasteiger partial charge in [0, 0.05) is 22.0 Å². The van der Waals surface area contributed by atoms with E-state index in [0.717, 1.165) is 4.47 Å². The van der Waals surface area contributed by atoms with Gasteiger partial charge in [0.2, 0.25) is 5.91 Å². The summed E-state index contributed by atoms with van der Waals surface area (Å²) < 4.78 is 0.782. The van der Waals surface area contributed by atoms with Crippen LogP contribution in [0.25, 0.3) is 0 Å². The summed E-state index contributed by atoms with van der Waals surface area (Å²) in [5, 5.41) is 20.3. The van der Waals surface area contributed by atoms with Gasteiger partial charge in [0.05, 0.1) is 5.56 Å². The van der Waals surface area contributed by atoms with Gasteiger partial charge in [-0.1, -0.05) is 15.9 Å². The van der Waals surface area contributed by atoms with Crippen molar-refractivity contribution in [1.29, 1.82) is 5.26 Å². The Labute approximate surface area is 123 Å². The molecular weight excluding hydrogens is 332 g/mol. The van der Waals surface area contributed by atoms with Crippen molar-refractivity contribution in [2.75, 3.05) is 5.75 Å². The third-order valence-corrected chi connectivity index (χ3v) is 3.80. The van der Waals surface area contributed by atoms with Crippen molar-refractivity contribution < 1.29 is 14.7 Å². The lowest BCUT2D eigenvalue weighted by Crippen LogP contribution is -2.41. The summed E-state index contributed by atoms with van der Waals surface area (Å²) in [4.78, 5) is 22.5. The van der Waals surface area contributed by atoms with Crippen LogP contribution in [0, 0.1) is 11.3 Å². The molecule has 1 aromatic rings. The molecule has 0 fully saturated rings. The molecule has 0 spiro atoms. The molecule has 0 aliphatic carbocycles. The fourth-order valence-electron chi connectivity index (χ4n) is 1.31. The minimum absolute atomic E-state index is 0.158. The van der Waals surface area contributed by atoms with E-state index in [2.05, 4.69) is 21.2 Å². The summed E-state index contributed by atoms with van der Waals surface area (Å²) in [5.41, 5.74) is 0.464. The van der Waals surface area contributed by atoms with Crippen LogP contribution in [0.1, 0.15) is 12.5 Å². The summed E-state index contributed by atoms with van der Waals surface area (Å²) in [6, 6.07) is 6.24. The Bertz CT molecular complexity index is 542. The molecule has 2 N–H and O–H groups in total. The van der Waals surface area contributed by atoms with Crippen LogP contribution in [0.5, 0.6) is 0 Å². The number of halogens is 1. The molecule has 1 amide bonds. The molecule has 5 nitrogen and oxygen atoms in total. The highest BCUT2D eigenvalue weighted by Crippen LogP contribution is 2.26. The number of rotatable bonds is 5. The van der Waals surface area contributed by atoms with Gasteiger partial charge in [-0.15, -0.1) is 11.8 Å². The zero-order valence-corrected chi connectivity index (χ0v) is 12.4. The van der Waals surface area contributed by atoms with Gasteiger partial charge in [-0.05, 0) is 18.2 Å². The smallest absolute Gasteiger partial charge is 0.327 e. The number of hydrogen-bond acceptors (Lipinski definition) is 4. The van der Waals surface area contributed by atoms with E-state index in [9.17, 15) is 9.59 Å². The van der Waals surface area contributed by atoms with Crippen molar-refractivity contribution in [3.63, 3.8) is 0 Å². The summed E-state index contributed by atoms with van der Waals surface area (Å²) in [6.45, 7) is 1.26. The molecule has 1 aromatic carbocycles. The minimum atomic E-state index is -1.10. The lowest BCUT2D eigenvalue weighted by molar-refractivity contribution is -0.140. The number of carbonyl (C=O) groups excluding carboxylic acids is 1. The molecule has 1 atom stereocenters. The van der Waals surface area contributed by atoms with Crippen LogP contribution in [0.2, 0.25) is 0 Å². The lowest BCUT2D eigenvalue weighted by atomic mass is 10.2. The van der Waals surface area contributed by atoms with Crippen LogP contribution in [0.3, 0.4) is 0 Å². The normalized spacial score (nSPS) is 11.4. The van der Waals surface area contributed by atoms with Crippen LogP contribution >= 0.6 is 27.7 Å². The van der Waals surface area contributed by atoms with Crippen molar-refractivity contribution in [3.05, 3.63) is 28.2 Å². The van der Waals surface area contributed by atoms with E-state index in [4.69, 9.17) is 10.4 Å². The van der Waals surface area contributed by atoms with Crippen molar-refractivity contribution in [2.24, 2.45) is 0 Å². The van der Waals surface area contributed by atoms with Crippen LogP contribution in [0.4, 0.5) is 0 Å². The van der Waals surface area contributed by atoms with Crippen molar-refractivity contribution in [2.45, 2.75) is 17.9 Å². The van der Waals surface area contributed by atoms with Gasteiger partial charge in [0.25, 0.3) is 0 Å². The second kappa shape index (κ2) is 7.16. The second-order valence-electron chi connectivity index (χ2n) is 3.65. The van der Waals surface area contributed by atoms with Crippen LogP contribution in [0.15, 0.2) is 27.6 Å². The number of nitrogens with zero attached hydrogens (tertiary/aromatic N) is 1. The molecule has 0 aromatic heterocycles. The highest BCUT2D eigenvalue weighted by atomic mass is 79.9. The summed E-state index contributed by atoms with van der Waals surface area (Å²) in [7, 11) is 0. The van der Waals surface area contributed by atoms with E-state index in [0.29, 0.717) is 10.5 Å². The number of nitriles is 1. The maximum atomic E-state index is 11.0. The van der Waals surface area contributed by atoms with E-state index in [1.807, 2.05) is 6.07 Å². The number of nitrogens with one attached hydrogen (secondary N) is 1. The van der Waals surface area contributed by atoms with Gasteiger partial charge in [-0.2, -0.15) is 5.26 Å². The monoisotopic (exact) mass is 342 g/mol. The maximum absolute atomic E-state index is 11.0. The highest BCUT2D eigenvalue weighted by molar-refractivity contribution is 9.10. The predicted octanol–water partition coefficient (Wildman–Crippen LogP) is 2.00. The molecule has 0 heterocycles. The van der Waals surface area contributed by atoms with E-state index in [-0.39, 0.29) is 5.75 Å². The van der Waals surface area contributed by atoms with Gasteiger partial charge in [-0.25, -0.2) is 4.79 Å². The quantitative estimate of drug-likeness (QED) is 0.798. The average molecular weight is 343 g/mol. The van der Waals surface area contributed by atoms with E-state index in [1.165, 1.54) is 18.7 Å². The molecule has 100 valence electrons. The number of aliphatic carboxylic acids is 1. The van der Waals surface area contributed by atoms with Gasteiger partial charge in [0.1, 0.15) is 12.1 Å². The van der Waals surface area contributed by atoms with Gasteiger partial charge >= 0.3 is 5.97 Å². The summed E-state index contributed by atoms with van der Waals surface area (Å²) in [5.74, 6) is -1.34. The molecule has 0 radical (unpaired) electrons. The SMILES string of the molecule is CC(=O)NC(CSc1ccc(Br)cc1C#N)C(=O)O. The van der Waals surface area contributed by atoms with Crippen LogP contribution < -0.4 is 5.32 Å². The van der Waals surface area contributed by atoms with E-state index in [1.54, 1.807) is 18.2 Å². The Kier molecular flexibility index (Phi) is 5.86. The average Bonchev–Trinajstić information content (AvgIpc) is 2.34. The Morgan fingerprint density at radius 1 is 1.58 bits per heavy atom. The minimum Gasteiger partial charge on any atom is -0.480 e. The fourth-order valence-corrected chi connectivity index (χ4v) is 2.67. The molecule has 0 bridgehead atoms. The third-order valence-electron chi connectivity index (χ3n) is 2.14. The molecule has 7 heteroatoms. The molecule has 0 saturated heterocycles. The topological polar surface area (TPSA) is 90.2 Å². The first-order valence-electron chi connectivity index (χ1n) is 5.26. The van der Waals surface area contributed by atoms with Gasteiger partial charge in [-0.3, -0.25) is 4.79 Å². The Balaban J connectivity index is 2.77. The Hall–Kier alpha value is -1.52. The van der Waals surface area contributed by atoms with E-state index >= 15 is 0 Å². The molecule has 19 heavy (non-hydrogen) atoms. The van der Waals surface area contributed by atoms with Crippen LogP contribution in [-0.4, -0.2) is 28.8 Å². The zero-order valence-electron chi connectivity index (χ0n) is 10.0. The van der Waals surface area contributed by atoms with Crippen molar-refractivity contribution in [1.82, 2.24) is 5.32 Å². The second-order valence-corrected chi connectivity index (χ2v) is 5.63. The first kappa shape index (κ1) is 15.5. The van der Waals surface area contributed by atoms with Gasteiger partial charge in [0.15, 0.2) is 0 Å². The lowest BCUT2D eigenvalue weighted by Gasteiger charge is -2.13. The number of hydrogen-bond donors (Lipinski definition) is 2. The molecule has 0 aliphatic heterocycles. The van der Waals surface area contributed by atoms with Crippen molar-refractivity contribution in [3.8, 4) is 6.07 Å². The number of thioether (sulfide) groups is 1. The van der Waals surface area contributed by atoms with Gasteiger partial charge < -0.3 is 10.4 Å². The Morgan fingerprint density at radius 3 is 2.79 bits per heavy atom. The maximum Gasteiger partial charge on any atom is 0.327 e. The van der Waals surface area contributed by atoms with Crippen LogP contribution in [-0.2, 0) is 9.59 Å². The number of carboxylic acid groups (broad SMARTS) is 1. The predicted molar refractivity (Wildman–Crippen MR) is 74.8 cm³/mol. The highest BCUT2D eigenvalue weighted by Gasteiger charge is 2.19. The number of amides is 1. The first-order valence-corrected chi connectivity index (χ1v) is 7.04. The Morgan fingerprint density at radius 2 is 2.26 bits per heavy atom. The largest absolute Gasteiger partial charge is 0.480 e. The third kappa shape index (κ3) is 4.93. The first-order chi connectivity index (χ1) is 8.93.